The predicted octanol–water partition coefficient (Wildman–Crippen LogP) is 2.10. The van der Waals surface area contributed by atoms with Crippen molar-refractivity contribution < 1.29 is 14.3 Å². The van der Waals surface area contributed by atoms with Crippen LogP contribution in [0.1, 0.15) is 32.3 Å². The molecule has 5 nitrogen and oxygen atoms in total. The molecule has 5 heteroatoms. The number of rotatable bonds is 5. The lowest BCUT2D eigenvalue weighted by atomic mass is 10.1. The highest BCUT2D eigenvalue weighted by molar-refractivity contribution is 5.77. The van der Waals surface area contributed by atoms with E-state index in [4.69, 9.17) is 4.74 Å². The Balaban J connectivity index is 1.88. The number of carbonyl (C=O) groups is 2. The lowest BCUT2D eigenvalue weighted by molar-refractivity contribution is -0.132. The van der Waals surface area contributed by atoms with Crippen LogP contribution in [-0.2, 0) is 16.0 Å². The van der Waals surface area contributed by atoms with Crippen molar-refractivity contribution in [2.24, 2.45) is 0 Å². The Bertz CT molecular complexity index is 545. The van der Waals surface area contributed by atoms with E-state index in [0.717, 1.165) is 30.8 Å². The summed E-state index contributed by atoms with van der Waals surface area (Å²) in [5, 5.41) is 0. The molecule has 126 valence electrons. The fraction of sp³-hybridized carbons (Fsp3) is 0.556. The Morgan fingerprint density at radius 3 is 2.52 bits per heavy atom. The second kappa shape index (κ2) is 8.56. The molecule has 0 spiro atoms. The van der Waals surface area contributed by atoms with Crippen molar-refractivity contribution in [3.8, 4) is 5.75 Å². The molecule has 0 unspecified atom stereocenters. The third-order valence-corrected chi connectivity index (χ3v) is 4.17. The highest BCUT2D eigenvalue weighted by Gasteiger charge is 2.20. The number of nitrogens with zero attached hydrogens (tertiary/aromatic N) is 2. The van der Waals surface area contributed by atoms with Gasteiger partial charge in [0.15, 0.2) is 0 Å². The Hall–Kier alpha value is -2.04. The summed E-state index contributed by atoms with van der Waals surface area (Å²) >= 11 is 0. The molecule has 0 aliphatic carbocycles. The first-order valence-electron chi connectivity index (χ1n) is 8.35. The van der Waals surface area contributed by atoms with Crippen LogP contribution in [0.5, 0.6) is 5.75 Å². The van der Waals surface area contributed by atoms with Crippen LogP contribution in [-0.4, -0.2) is 54.4 Å². The maximum absolute atomic E-state index is 12.5. The summed E-state index contributed by atoms with van der Waals surface area (Å²) in [6.07, 6.45) is 2.01. The zero-order chi connectivity index (χ0) is 16.7. The Morgan fingerprint density at radius 1 is 1.09 bits per heavy atom. The molecule has 2 rings (SSSR count). The largest absolute Gasteiger partial charge is 0.494 e. The van der Waals surface area contributed by atoms with Crippen LogP contribution in [0.3, 0.4) is 0 Å². The average Bonchev–Trinajstić information content (AvgIpc) is 2.80. The zero-order valence-electron chi connectivity index (χ0n) is 14.1. The van der Waals surface area contributed by atoms with Gasteiger partial charge >= 0.3 is 0 Å². The van der Waals surface area contributed by atoms with Crippen LogP contribution < -0.4 is 4.74 Å². The van der Waals surface area contributed by atoms with E-state index < -0.39 is 0 Å². The summed E-state index contributed by atoms with van der Waals surface area (Å²) in [6, 6.07) is 7.87. The molecule has 1 aliphatic rings. The molecule has 0 bridgehead atoms. The van der Waals surface area contributed by atoms with E-state index in [1.54, 1.807) is 6.92 Å². The Kier molecular flexibility index (Phi) is 6.44. The van der Waals surface area contributed by atoms with Crippen LogP contribution in [0, 0.1) is 0 Å². The zero-order valence-corrected chi connectivity index (χ0v) is 14.1. The van der Waals surface area contributed by atoms with Crippen molar-refractivity contribution in [3.63, 3.8) is 0 Å². The van der Waals surface area contributed by atoms with Crippen molar-refractivity contribution in [1.29, 1.82) is 0 Å². The summed E-state index contributed by atoms with van der Waals surface area (Å²) in [6.45, 7) is 6.91. The highest BCUT2D eigenvalue weighted by atomic mass is 16.5. The molecule has 2 amide bonds. The number of hydrogen-bond acceptors (Lipinski definition) is 3. The highest BCUT2D eigenvalue weighted by Crippen LogP contribution is 2.20. The van der Waals surface area contributed by atoms with E-state index in [9.17, 15) is 9.59 Å². The molecule has 0 atom stereocenters. The van der Waals surface area contributed by atoms with Crippen LogP contribution in [0.4, 0.5) is 0 Å². The fourth-order valence-electron chi connectivity index (χ4n) is 2.89. The van der Waals surface area contributed by atoms with E-state index in [0.29, 0.717) is 32.5 Å². The molecule has 0 saturated carbocycles. The number of amides is 2. The normalized spacial score (nSPS) is 15.2. The van der Waals surface area contributed by atoms with E-state index >= 15 is 0 Å². The van der Waals surface area contributed by atoms with Crippen molar-refractivity contribution in [2.45, 2.75) is 33.1 Å². The van der Waals surface area contributed by atoms with Gasteiger partial charge < -0.3 is 14.5 Å². The molecule has 0 aromatic heterocycles. The van der Waals surface area contributed by atoms with E-state index in [1.165, 1.54) is 0 Å². The van der Waals surface area contributed by atoms with E-state index in [2.05, 4.69) is 0 Å². The second-order valence-corrected chi connectivity index (χ2v) is 5.78. The van der Waals surface area contributed by atoms with Gasteiger partial charge in [0.25, 0.3) is 0 Å². The molecule has 0 radical (unpaired) electrons. The smallest absolute Gasteiger partial charge is 0.222 e. The topological polar surface area (TPSA) is 49.9 Å². The number of para-hydroxylation sites is 1. The lowest BCUT2D eigenvalue weighted by Gasteiger charge is -2.21. The van der Waals surface area contributed by atoms with Crippen LogP contribution in [0.2, 0.25) is 0 Å². The monoisotopic (exact) mass is 318 g/mol. The van der Waals surface area contributed by atoms with Crippen molar-refractivity contribution in [2.75, 3.05) is 32.8 Å². The van der Waals surface area contributed by atoms with E-state index in [1.807, 2.05) is 41.0 Å². The maximum atomic E-state index is 12.5. The number of hydrogen-bond donors (Lipinski definition) is 0. The molecule has 1 aliphatic heterocycles. The molecule has 1 heterocycles. The van der Waals surface area contributed by atoms with Gasteiger partial charge in [-0.05, 0) is 31.4 Å². The number of ether oxygens (including phenoxy) is 1. The summed E-state index contributed by atoms with van der Waals surface area (Å²) in [5.41, 5.74) is 1.07. The standard InChI is InChI=1S/C18H26N2O3/c1-3-23-17-8-5-4-7-16(17)9-10-18(22)20-12-6-11-19(13-14-20)15(2)21/h4-5,7-8H,3,6,9-14H2,1-2H3. The van der Waals surface area contributed by atoms with Gasteiger partial charge in [-0.2, -0.15) is 0 Å². The molecular formula is C18H26N2O3. The van der Waals surface area contributed by atoms with Crippen LogP contribution >= 0.6 is 0 Å². The lowest BCUT2D eigenvalue weighted by Crippen LogP contribution is -2.36. The van der Waals surface area contributed by atoms with Crippen LogP contribution in [0.25, 0.3) is 0 Å². The summed E-state index contributed by atoms with van der Waals surface area (Å²) in [5.74, 6) is 1.10. The van der Waals surface area contributed by atoms with Gasteiger partial charge in [0, 0.05) is 39.5 Å². The van der Waals surface area contributed by atoms with Gasteiger partial charge in [0.05, 0.1) is 6.61 Å². The summed E-state index contributed by atoms with van der Waals surface area (Å²) < 4.78 is 5.61. The summed E-state index contributed by atoms with van der Waals surface area (Å²) in [4.78, 5) is 27.6. The third kappa shape index (κ3) is 4.98. The Morgan fingerprint density at radius 2 is 1.78 bits per heavy atom. The van der Waals surface area contributed by atoms with Gasteiger partial charge in [-0.3, -0.25) is 9.59 Å². The van der Waals surface area contributed by atoms with Gasteiger partial charge in [-0.15, -0.1) is 0 Å². The fourth-order valence-corrected chi connectivity index (χ4v) is 2.89. The first-order valence-corrected chi connectivity index (χ1v) is 8.35. The first-order chi connectivity index (χ1) is 11.1. The number of benzene rings is 1. The minimum atomic E-state index is 0.0879. The molecule has 1 aromatic rings. The molecule has 1 fully saturated rings. The van der Waals surface area contributed by atoms with Crippen molar-refractivity contribution >= 4 is 11.8 Å². The minimum Gasteiger partial charge on any atom is -0.494 e. The average molecular weight is 318 g/mol. The molecular weight excluding hydrogens is 292 g/mol. The van der Waals surface area contributed by atoms with Gasteiger partial charge in [-0.25, -0.2) is 0 Å². The Labute approximate surface area is 138 Å². The molecule has 23 heavy (non-hydrogen) atoms. The van der Waals surface area contributed by atoms with Crippen molar-refractivity contribution in [3.05, 3.63) is 29.8 Å². The number of carbonyl (C=O) groups excluding carboxylic acids is 2. The third-order valence-electron chi connectivity index (χ3n) is 4.17. The molecule has 0 N–H and O–H groups in total. The van der Waals surface area contributed by atoms with Crippen LogP contribution in [0.15, 0.2) is 24.3 Å². The van der Waals surface area contributed by atoms with Gasteiger partial charge in [0.2, 0.25) is 11.8 Å². The maximum Gasteiger partial charge on any atom is 0.222 e. The minimum absolute atomic E-state index is 0.0879. The SMILES string of the molecule is CCOc1ccccc1CCC(=O)N1CCCN(C(C)=O)CC1. The van der Waals surface area contributed by atoms with E-state index in [-0.39, 0.29) is 11.8 Å². The molecule has 1 aromatic carbocycles. The predicted molar refractivity (Wildman–Crippen MR) is 89.4 cm³/mol. The first kappa shape index (κ1) is 17.3. The van der Waals surface area contributed by atoms with Gasteiger partial charge in [0.1, 0.15) is 5.75 Å². The van der Waals surface area contributed by atoms with Gasteiger partial charge in [-0.1, -0.05) is 18.2 Å². The second-order valence-electron chi connectivity index (χ2n) is 5.78. The quantitative estimate of drug-likeness (QED) is 0.835. The van der Waals surface area contributed by atoms with Crippen molar-refractivity contribution in [1.82, 2.24) is 9.80 Å². The summed E-state index contributed by atoms with van der Waals surface area (Å²) in [7, 11) is 0. The number of aryl methyl sites for hydroxylation is 1. The molecule has 1 saturated heterocycles.